The first kappa shape index (κ1) is 16.8. The van der Waals surface area contributed by atoms with E-state index in [-0.39, 0.29) is 13.2 Å². The summed E-state index contributed by atoms with van der Waals surface area (Å²) in [5, 5.41) is 2.21. The lowest BCUT2D eigenvalue weighted by molar-refractivity contribution is -0.146. The normalized spacial score (nSPS) is 12.1. The van der Waals surface area contributed by atoms with Gasteiger partial charge in [0.15, 0.2) is 0 Å². The van der Waals surface area contributed by atoms with Gasteiger partial charge in [-0.2, -0.15) is 13.2 Å². The second-order valence-electron chi connectivity index (χ2n) is 4.81. The number of rotatable bonds is 6. The fourth-order valence-corrected chi connectivity index (χ4v) is 2.27. The lowest BCUT2D eigenvalue weighted by Gasteiger charge is -2.21. The zero-order chi connectivity index (χ0) is 16.2. The van der Waals surface area contributed by atoms with Gasteiger partial charge in [0.05, 0.1) is 6.54 Å². The summed E-state index contributed by atoms with van der Waals surface area (Å²) in [6.07, 6.45) is -2.61. The summed E-state index contributed by atoms with van der Waals surface area (Å²) in [6.45, 7) is 1.35. The number of nitrogens with zero attached hydrogens (tertiary/aromatic N) is 2. The minimum atomic E-state index is -4.21. The first-order chi connectivity index (χ1) is 10.4. The summed E-state index contributed by atoms with van der Waals surface area (Å²) in [5.41, 5.74) is 0. The Morgan fingerprint density at radius 1 is 1.27 bits per heavy atom. The Balaban J connectivity index is 2.01. The maximum absolute atomic E-state index is 12.4. The van der Waals surface area contributed by atoms with E-state index in [1.54, 1.807) is 25.3 Å². The van der Waals surface area contributed by atoms with Crippen molar-refractivity contribution in [3.63, 3.8) is 0 Å². The van der Waals surface area contributed by atoms with Crippen LogP contribution in [-0.2, 0) is 0 Å². The smallest absolute Gasteiger partial charge is 0.401 e. The van der Waals surface area contributed by atoms with Crippen LogP contribution in [-0.4, -0.2) is 42.3 Å². The van der Waals surface area contributed by atoms with E-state index in [4.69, 9.17) is 16.3 Å². The maximum atomic E-state index is 12.4. The molecular formula is C15H16ClF3N2O. The third-order valence-electron chi connectivity index (χ3n) is 3.19. The number of likely N-dealkylation sites (N-methyl/N-ethyl adjacent to an activating group) is 1. The Morgan fingerprint density at radius 2 is 2.05 bits per heavy atom. The molecular weight excluding hydrogens is 317 g/mol. The predicted molar refractivity (Wildman–Crippen MR) is 80.4 cm³/mol. The van der Waals surface area contributed by atoms with E-state index >= 15 is 0 Å². The van der Waals surface area contributed by atoms with Crippen LogP contribution in [0.25, 0.3) is 10.8 Å². The number of aromatic nitrogens is 1. The number of ether oxygens (including phenoxy) is 1. The van der Waals surface area contributed by atoms with E-state index in [2.05, 4.69) is 4.98 Å². The number of fused-ring (bicyclic) bond motifs is 1. The fraction of sp³-hybridized carbons (Fsp3) is 0.400. The molecule has 120 valence electrons. The van der Waals surface area contributed by atoms with Gasteiger partial charge in [-0.05, 0) is 30.1 Å². The van der Waals surface area contributed by atoms with Crippen molar-refractivity contribution >= 4 is 22.4 Å². The van der Waals surface area contributed by atoms with Crippen molar-refractivity contribution in [2.24, 2.45) is 0 Å². The summed E-state index contributed by atoms with van der Waals surface area (Å²) >= 11 is 5.95. The Hall–Kier alpha value is -1.53. The average Bonchev–Trinajstić information content (AvgIpc) is 2.45. The topological polar surface area (TPSA) is 25.4 Å². The molecule has 0 spiro atoms. The Morgan fingerprint density at radius 3 is 2.73 bits per heavy atom. The van der Waals surface area contributed by atoms with Crippen LogP contribution in [0.5, 0.6) is 5.88 Å². The molecule has 1 aromatic carbocycles. The first-order valence-electron chi connectivity index (χ1n) is 6.85. The van der Waals surface area contributed by atoms with E-state index < -0.39 is 12.7 Å². The van der Waals surface area contributed by atoms with Crippen LogP contribution in [0, 0.1) is 0 Å². The quantitative estimate of drug-likeness (QED) is 0.794. The first-order valence-corrected chi connectivity index (χ1v) is 7.23. The molecule has 0 amide bonds. The van der Waals surface area contributed by atoms with E-state index in [0.717, 1.165) is 10.8 Å². The fourth-order valence-electron chi connectivity index (χ4n) is 2.10. The van der Waals surface area contributed by atoms with Crippen LogP contribution in [0.2, 0.25) is 5.02 Å². The highest BCUT2D eigenvalue weighted by molar-refractivity contribution is 6.31. The van der Waals surface area contributed by atoms with Crippen LogP contribution >= 0.6 is 11.6 Å². The third-order valence-corrected chi connectivity index (χ3v) is 3.42. The van der Waals surface area contributed by atoms with Crippen LogP contribution in [0.3, 0.4) is 0 Å². The third kappa shape index (κ3) is 4.74. The van der Waals surface area contributed by atoms with Crippen molar-refractivity contribution in [1.29, 1.82) is 0 Å². The Kier molecular flexibility index (Phi) is 5.47. The van der Waals surface area contributed by atoms with Gasteiger partial charge in [-0.3, -0.25) is 4.90 Å². The maximum Gasteiger partial charge on any atom is 0.401 e. The zero-order valence-electron chi connectivity index (χ0n) is 12.0. The molecule has 7 heteroatoms. The molecule has 22 heavy (non-hydrogen) atoms. The second-order valence-corrected chi connectivity index (χ2v) is 5.25. The highest BCUT2D eigenvalue weighted by atomic mass is 35.5. The molecule has 1 heterocycles. The van der Waals surface area contributed by atoms with Crippen molar-refractivity contribution in [2.45, 2.75) is 13.1 Å². The number of benzene rings is 1. The number of alkyl halides is 3. The molecule has 0 saturated carbocycles. The van der Waals surface area contributed by atoms with E-state index in [1.807, 2.05) is 12.1 Å². The van der Waals surface area contributed by atoms with Gasteiger partial charge in [0.1, 0.15) is 6.61 Å². The zero-order valence-corrected chi connectivity index (χ0v) is 12.8. The van der Waals surface area contributed by atoms with Gasteiger partial charge in [0.2, 0.25) is 5.88 Å². The number of pyridine rings is 1. The van der Waals surface area contributed by atoms with E-state index in [0.29, 0.717) is 17.4 Å². The lowest BCUT2D eigenvalue weighted by atomic mass is 10.2. The van der Waals surface area contributed by atoms with Crippen molar-refractivity contribution in [3.8, 4) is 5.88 Å². The standard InChI is InChI=1S/C15H16ClF3N2O/c1-2-21(10-15(17,18)19)7-8-22-14-13-9-12(16)4-3-11(13)5-6-20-14/h3-6,9H,2,7-8,10H2,1H3. The summed E-state index contributed by atoms with van der Waals surface area (Å²) in [7, 11) is 0. The van der Waals surface area contributed by atoms with Crippen LogP contribution in [0.15, 0.2) is 30.5 Å². The minimum absolute atomic E-state index is 0.128. The molecule has 0 aliphatic rings. The van der Waals surface area contributed by atoms with Gasteiger partial charge >= 0.3 is 6.18 Å². The average molecular weight is 333 g/mol. The molecule has 0 saturated heterocycles. The minimum Gasteiger partial charge on any atom is -0.476 e. The Labute approximate surface area is 131 Å². The van der Waals surface area contributed by atoms with Gasteiger partial charge < -0.3 is 4.74 Å². The molecule has 3 nitrogen and oxygen atoms in total. The summed E-state index contributed by atoms with van der Waals surface area (Å²) in [4.78, 5) is 5.40. The van der Waals surface area contributed by atoms with E-state index in [9.17, 15) is 13.2 Å². The van der Waals surface area contributed by atoms with Crippen molar-refractivity contribution in [3.05, 3.63) is 35.5 Å². The molecule has 0 bridgehead atoms. The molecule has 0 atom stereocenters. The van der Waals surface area contributed by atoms with Gasteiger partial charge in [0, 0.05) is 23.2 Å². The summed E-state index contributed by atoms with van der Waals surface area (Å²) in [5.74, 6) is 0.378. The van der Waals surface area contributed by atoms with Crippen LogP contribution < -0.4 is 4.74 Å². The predicted octanol–water partition coefficient (Wildman–Crippen LogP) is 4.15. The highest BCUT2D eigenvalue weighted by Crippen LogP contribution is 2.26. The molecule has 0 aliphatic heterocycles. The molecule has 0 radical (unpaired) electrons. The summed E-state index contributed by atoms with van der Waals surface area (Å²) in [6, 6.07) is 7.15. The monoisotopic (exact) mass is 332 g/mol. The molecule has 0 unspecified atom stereocenters. The van der Waals surface area contributed by atoms with Crippen LogP contribution in [0.4, 0.5) is 13.2 Å². The van der Waals surface area contributed by atoms with Gasteiger partial charge in [-0.25, -0.2) is 4.98 Å². The van der Waals surface area contributed by atoms with Crippen molar-refractivity contribution < 1.29 is 17.9 Å². The van der Waals surface area contributed by atoms with Crippen molar-refractivity contribution in [1.82, 2.24) is 9.88 Å². The highest BCUT2D eigenvalue weighted by Gasteiger charge is 2.29. The number of hydrogen-bond donors (Lipinski definition) is 0. The molecule has 0 N–H and O–H groups in total. The largest absolute Gasteiger partial charge is 0.476 e. The number of hydrogen-bond acceptors (Lipinski definition) is 3. The molecule has 2 aromatic rings. The van der Waals surface area contributed by atoms with E-state index in [1.165, 1.54) is 4.90 Å². The summed E-state index contributed by atoms with van der Waals surface area (Å²) < 4.78 is 42.7. The molecule has 2 rings (SSSR count). The van der Waals surface area contributed by atoms with Gasteiger partial charge in [-0.15, -0.1) is 0 Å². The number of halogens is 4. The SMILES string of the molecule is CCN(CCOc1nccc2ccc(Cl)cc12)CC(F)(F)F. The van der Waals surface area contributed by atoms with Gasteiger partial charge in [0.25, 0.3) is 0 Å². The lowest BCUT2D eigenvalue weighted by Crippen LogP contribution is -2.36. The second kappa shape index (κ2) is 7.15. The molecule has 0 aliphatic carbocycles. The van der Waals surface area contributed by atoms with Crippen molar-refractivity contribution in [2.75, 3.05) is 26.2 Å². The molecule has 0 fully saturated rings. The van der Waals surface area contributed by atoms with Crippen LogP contribution in [0.1, 0.15) is 6.92 Å². The molecule has 1 aromatic heterocycles. The Bertz CT molecular complexity index is 634. The van der Waals surface area contributed by atoms with Gasteiger partial charge in [-0.1, -0.05) is 24.6 Å².